The summed E-state index contributed by atoms with van der Waals surface area (Å²) < 4.78 is 5.02. The molecular weight excluding hydrogens is 320 g/mol. The summed E-state index contributed by atoms with van der Waals surface area (Å²) >= 11 is 0. The normalized spacial score (nSPS) is 12.2. The second kappa shape index (κ2) is 8.83. The van der Waals surface area contributed by atoms with Gasteiger partial charge in [0.2, 0.25) is 5.91 Å². The molecular formula is C19H30N2O4. The highest BCUT2D eigenvalue weighted by molar-refractivity contribution is 6.06. The third kappa shape index (κ3) is 4.94. The number of hydrogen-bond acceptors (Lipinski definition) is 4. The summed E-state index contributed by atoms with van der Waals surface area (Å²) in [6.45, 7) is 13.4. The monoisotopic (exact) mass is 350 g/mol. The van der Waals surface area contributed by atoms with Gasteiger partial charge in [-0.2, -0.15) is 0 Å². The Labute approximate surface area is 149 Å². The summed E-state index contributed by atoms with van der Waals surface area (Å²) in [6.07, 6.45) is 0.830. The molecule has 0 spiro atoms. The second-order valence-electron chi connectivity index (χ2n) is 6.78. The van der Waals surface area contributed by atoms with E-state index in [-0.39, 0.29) is 18.3 Å². The van der Waals surface area contributed by atoms with Gasteiger partial charge in [-0.15, -0.1) is 0 Å². The standard InChI is InChI=1S/C19H30N2O4/c1-8-25-19(24)17-12(4)16(13(5)20-17)18(23)14(6)21(15(7)22)10-9-11(2)3/h11,14,20H,8-10H2,1-7H3. The maximum Gasteiger partial charge on any atom is 0.355 e. The van der Waals surface area contributed by atoms with Crippen molar-refractivity contribution < 1.29 is 19.1 Å². The minimum atomic E-state index is -0.584. The van der Waals surface area contributed by atoms with E-state index in [2.05, 4.69) is 18.8 Å². The van der Waals surface area contributed by atoms with Gasteiger partial charge < -0.3 is 14.6 Å². The van der Waals surface area contributed by atoms with Crippen molar-refractivity contribution in [3.05, 3.63) is 22.5 Å². The molecule has 1 atom stereocenters. The number of amides is 1. The zero-order chi connectivity index (χ0) is 19.3. The maximum absolute atomic E-state index is 13.0. The fourth-order valence-corrected chi connectivity index (χ4v) is 2.90. The number of Topliss-reactive ketones (excluding diaryl/α,β-unsaturated/α-hetero) is 1. The third-order valence-corrected chi connectivity index (χ3v) is 4.36. The van der Waals surface area contributed by atoms with Crippen LogP contribution >= 0.6 is 0 Å². The highest BCUT2D eigenvalue weighted by Crippen LogP contribution is 2.22. The molecule has 0 aliphatic rings. The molecule has 6 heteroatoms. The molecule has 0 aromatic carbocycles. The highest BCUT2D eigenvalue weighted by atomic mass is 16.5. The van der Waals surface area contributed by atoms with Crippen molar-refractivity contribution in [2.75, 3.05) is 13.2 Å². The van der Waals surface area contributed by atoms with Crippen LogP contribution in [0.5, 0.6) is 0 Å². The minimum absolute atomic E-state index is 0.127. The van der Waals surface area contributed by atoms with Crippen molar-refractivity contribution >= 4 is 17.7 Å². The van der Waals surface area contributed by atoms with Gasteiger partial charge >= 0.3 is 5.97 Å². The molecule has 0 saturated carbocycles. The van der Waals surface area contributed by atoms with Crippen LogP contribution in [0.15, 0.2) is 0 Å². The zero-order valence-corrected chi connectivity index (χ0v) is 16.4. The number of aromatic nitrogens is 1. The van der Waals surface area contributed by atoms with Crippen molar-refractivity contribution in [1.29, 1.82) is 0 Å². The Morgan fingerprint density at radius 1 is 1.16 bits per heavy atom. The van der Waals surface area contributed by atoms with Crippen LogP contribution in [0.2, 0.25) is 0 Å². The fourth-order valence-electron chi connectivity index (χ4n) is 2.90. The predicted molar refractivity (Wildman–Crippen MR) is 96.9 cm³/mol. The SMILES string of the molecule is CCOC(=O)c1[nH]c(C)c(C(=O)C(C)N(CCC(C)C)C(C)=O)c1C. The molecule has 1 N–H and O–H groups in total. The van der Waals surface area contributed by atoms with Crippen molar-refractivity contribution in [3.63, 3.8) is 0 Å². The third-order valence-electron chi connectivity index (χ3n) is 4.36. The smallest absolute Gasteiger partial charge is 0.355 e. The largest absolute Gasteiger partial charge is 0.461 e. The Morgan fingerprint density at radius 3 is 2.24 bits per heavy atom. The number of carbonyl (C=O) groups is 3. The molecule has 140 valence electrons. The first-order valence-corrected chi connectivity index (χ1v) is 8.79. The Bertz CT molecular complexity index is 646. The molecule has 25 heavy (non-hydrogen) atoms. The molecule has 1 amide bonds. The second-order valence-corrected chi connectivity index (χ2v) is 6.78. The average Bonchev–Trinajstić information content (AvgIpc) is 2.81. The van der Waals surface area contributed by atoms with E-state index in [9.17, 15) is 14.4 Å². The molecule has 0 bridgehead atoms. The summed E-state index contributed by atoms with van der Waals surface area (Å²) in [5.74, 6) is -0.327. The number of H-pyrrole nitrogens is 1. The molecule has 0 fully saturated rings. The van der Waals surface area contributed by atoms with Crippen LogP contribution in [0.1, 0.15) is 73.1 Å². The van der Waals surface area contributed by atoms with E-state index in [0.29, 0.717) is 35.0 Å². The van der Waals surface area contributed by atoms with Crippen LogP contribution in [0, 0.1) is 19.8 Å². The lowest BCUT2D eigenvalue weighted by atomic mass is 9.99. The average molecular weight is 350 g/mol. The minimum Gasteiger partial charge on any atom is -0.461 e. The van der Waals surface area contributed by atoms with Crippen LogP contribution in [-0.2, 0) is 9.53 Å². The molecule has 1 aromatic heterocycles. The summed E-state index contributed by atoms with van der Waals surface area (Å²) in [5.41, 5.74) is 1.95. The highest BCUT2D eigenvalue weighted by Gasteiger charge is 2.30. The first-order chi connectivity index (χ1) is 11.6. The van der Waals surface area contributed by atoms with E-state index in [1.807, 2.05) is 0 Å². The molecule has 0 saturated heterocycles. The first kappa shape index (κ1) is 20.9. The fraction of sp³-hybridized carbons (Fsp3) is 0.632. The Hall–Kier alpha value is -2.11. The number of aromatic amines is 1. The Kier molecular flexibility index (Phi) is 7.39. The molecule has 0 aliphatic carbocycles. The van der Waals surface area contributed by atoms with Gasteiger partial charge in [-0.1, -0.05) is 13.8 Å². The molecule has 0 aliphatic heterocycles. The van der Waals surface area contributed by atoms with Crippen LogP contribution in [0.25, 0.3) is 0 Å². The van der Waals surface area contributed by atoms with Gasteiger partial charge in [0.05, 0.1) is 12.6 Å². The molecule has 1 rings (SSSR count). The van der Waals surface area contributed by atoms with Gasteiger partial charge in [-0.05, 0) is 45.6 Å². The van der Waals surface area contributed by atoms with Crippen LogP contribution in [0.3, 0.4) is 0 Å². The molecule has 6 nitrogen and oxygen atoms in total. The van der Waals surface area contributed by atoms with E-state index in [1.165, 1.54) is 6.92 Å². The quantitative estimate of drug-likeness (QED) is 0.576. The number of nitrogens with one attached hydrogen (secondary N) is 1. The lowest BCUT2D eigenvalue weighted by Crippen LogP contribution is -2.43. The number of aryl methyl sites for hydroxylation is 1. The number of nitrogens with zero attached hydrogens (tertiary/aromatic N) is 1. The Morgan fingerprint density at radius 2 is 1.76 bits per heavy atom. The van der Waals surface area contributed by atoms with Crippen molar-refractivity contribution in [3.8, 4) is 0 Å². The predicted octanol–water partition coefficient (Wildman–Crippen LogP) is 3.27. The number of ketones is 1. The van der Waals surface area contributed by atoms with Gasteiger partial charge in [-0.25, -0.2) is 4.79 Å². The van der Waals surface area contributed by atoms with Gasteiger partial charge in [0, 0.05) is 24.7 Å². The van der Waals surface area contributed by atoms with Crippen molar-refractivity contribution in [2.45, 2.75) is 60.9 Å². The summed E-state index contributed by atoms with van der Waals surface area (Å²) in [4.78, 5) is 41.6. The van der Waals surface area contributed by atoms with Gasteiger partial charge in [-0.3, -0.25) is 9.59 Å². The van der Waals surface area contributed by atoms with Gasteiger partial charge in [0.25, 0.3) is 0 Å². The van der Waals surface area contributed by atoms with E-state index < -0.39 is 12.0 Å². The van der Waals surface area contributed by atoms with E-state index in [4.69, 9.17) is 4.74 Å². The number of rotatable bonds is 8. The zero-order valence-electron chi connectivity index (χ0n) is 16.4. The summed E-state index contributed by atoms with van der Waals surface area (Å²) in [7, 11) is 0. The summed E-state index contributed by atoms with van der Waals surface area (Å²) in [5, 5.41) is 0. The van der Waals surface area contributed by atoms with Crippen LogP contribution in [-0.4, -0.2) is 46.7 Å². The molecule has 0 radical (unpaired) electrons. The lowest BCUT2D eigenvalue weighted by molar-refractivity contribution is -0.130. The maximum atomic E-state index is 13.0. The van der Waals surface area contributed by atoms with Gasteiger partial charge in [0.1, 0.15) is 5.69 Å². The van der Waals surface area contributed by atoms with Crippen LogP contribution < -0.4 is 0 Å². The Balaban J connectivity index is 3.12. The number of hydrogen-bond donors (Lipinski definition) is 1. The number of esters is 1. The van der Waals surface area contributed by atoms with E-state index in [0.717, 1.165) is 6.42 Å². The summed E-state index contributed by atoms with van der Waals surface area (Å²) in [6, 6.07) is -0.584. The topological polar surface area (TPSA) is 79.5 Å². The molecule has 1 aromatic rings. The first-order valence-electron chi connectivity index (χ1n) is 8.79. The molecule has 1 heterocycles. The van der Waals surface area contributed by atoms with Gasteiger partial charge in [0.15, 0.2) is 5.78 Å². The lowest BCUT2D eigenvalue weighted by Gasteiger charge is -2.28. The number of ether oxygens (including phenoxy) is 1. The van der Waals surface area contributed by atoms with Crippen LogP contribution in [0.4, 0.5) is 0 Å². The van der Waals surface area contributed by atoms with Crippen molar-refractivity contribution in [2.24, 2.45) is 5.92 Å². The van der Waals surface area contributed by atoms with E-state index >= 15 is 0 Å². The number of carbonyl (C=O) groups excluding carboxylic acids is 3. The molecule has 1 unspecified atom stereocenters. The van der Waals surface area contributed by atoms with Crippen molar-refractivity contribution in [1.82, 2.24) is 9.88 Å². The van der Waals surface area contributed by atoms with E-state index in [1.54, 1.807) is 32.6 Å².